The van der Waals surface area contributed by atoms with Crippen LogP contribution in [-0.2, 0) is 23.8 Å². The first-order chi connectivity index (χ1) is 34.6. The van der Waals surface area contributed by atoms with E-state index in [0.717, 1.165) is 70.6 Å². The zero-order valence-corrected chi connectivity index (χ0v) is 46.3. The van der Waals surface area contributed by atoms with Crippen molar-refractivity contribution in [3.8, 4) is 0 Å². The number of unbranched alkanes of at least 4 members (excludes halogenated alkanes) is 27. The van der Waals surface area contributed by atoms with Crippen molar-refractivity contribution in [1.82, 2.24) is 0 Å². The number of hydrogen-bond donors (Lipinski definition) is 0. The van der Waals surface area contributed by atoms with Crippen LogP contribution in [0, 0.1) is 0 Å². The van der Waals surface area contributed by atoms with Crippen molar-refractivity contribution in [3.63, 3.8) is 0 Å². The van der Waals surface area contributed by atoms with Gasteiger partial charge in [0.1, 0.15) is 6.61 Å². The first-order valence-corrected chi connectivity index (χ1v) is 29.8. The molecule has 1 atom stereocenters. The lowest BCUT2D eigenvalue weighted by Crippen LogP contribution is -2.30. The molecular weight excluding hydrogens is 861 g/mol. The molecule has 0 amide bonds. The second-order valence-electron chi connectivity index (χ2n) is 19.5. The van der Waals surface area contributed by atoms with Gasteiger partial charge >= 0.3 is 11.9 Å². The normalized spacial score (nSPS) is 12.9. The molecule has 5 nitrogen and oxygen atoms in total. The van der Waals surface area contributed by atoms with E-state index in [2.05, 4.69) is 112 Å². The number of carbonyl (C=O) groups is 2. The molecule has 0 spiro atoms. The third kappa shape index (κ3) is 57.4. The topological polar surface area (TPSA) is 61.8 Å². The molecule has 0 aromatic rings. The van der Waals surface area contributed by atoms with Crippen molar-refractivity contribution in [2.75, 3.05) is 19.8 Å². The number of esters is 2. The molecule has 0 aliphatic heterocycles. The minimum Gasteiger partial charge on any atom is -0.462 e. The van der Waals surface area contributed by atoms with Crippen LogP contribution in [0.25, 0.3) is 0 Å². The third-order valence-electron chi connectivity index (χ3n) is 12.6. The predicted octanol–water partition coefficient (Wildman–Crippen LogP) is 20.6. The molecule has 0 N–H and O–H groups in total. The highest BCUT2D eigenvalue weighted by Gasteiger charge is 2.17. The van der Waals surface area contributed by atoms with Gasteiger partial charge in [-0.1, -0.05) is 272 Å². The van der Waals surface area contributed by atoms with E-state index < -0.39 is 6.10 Å². The molecule has 0 aliphatic carbocycles. The summed E-state index contributed by atoms with van der Waals surface area (Å²) in [7, 11) is 0. The molecule has 0 aromatic heterocycles. The summed E-state index contributed by atoms with van der Waals surface area (Å²) in [5.41, 5.74) is 0. The maximum Gasteiger partial charge on any atom is 0.306 e. The van der Waals surface area contributed by atoms with Crippen LogP contribution in [0.1, 0.15) is 278 Å². The van der Waals surface area contributed by atoms with Crippen molar-refractivity contribution in [2.24, 2.45) is 0 Å². The van der Waals surface area contributed by atoms with Gasteiger partial charge in [-0.3, -0.25) is 9.59 Å². The molecule has 0 saturated carbocycles. The summed E-state index contributed by atoms with van der Waals surface area (Å²) in [6, 6.07) is 0. The van der Waals surface area contributed by atoms with Gasteiger partial charge in [-0.2, -0.15) is 0 Å². The van der Waals surface area contributed by atoms with Crippen LogP contribution in [0.4, 0.5) is 0 Å². The zero-order chi connectivity index (χ0) is 50.6. The van der Waals surface area contributed by atoms with Crippen molar-refractivity contribution < 1.29 is 23.8 Å². The summed E-state index contributed by atoms with van der Waals surface area (Å²) in [5, 5.41) is 0. The smallest absolute Gasteiger partial charge is 0.306 e. The van der Waals surface area contributed by atoms with Crippen molar-refractivity contribution in [1.29, 1.82) is 0 Å². The largest absolute Gasteiger partial charge is 0.462 e. The molecule has 0 radical (unpaired) electrons. The van der Waals surface area contributed by atoms with Crippen LogP contribution in [-0.4, -0.2) is 37.9 Å². The van der Waals surface area contributed by atoms with Crippen LogP contribution in [0.15, 0.2) is 97.2 Å². The number of ether oxygens (including phenoxy) is 3. The molecule has 1 unspecified atom stereocenters. The Morgan fingerprint density at radius 1 is 0.329 bits per heavy atom. The summed E-state index contributed by atoms with van der Waals surface area (Å²) in [6.07, 6.45) is 81.6. The van der Waals surface area contributed by atoms with Crippen LogP contribution in [0.3, 0.4) is 0 Å². The SMILES string of the molecule is CC/C=C\C/C=C\C/C=C\C/C=C\C/C=C\C/C=C\CCC(=O)OCC(COCCCCCCCCCC/C=C\C/C=C\CCCCC)OC(=O)CCCCCCCCCCCCCCCCCCC. The van der Waals surface area contributed by atoms with Crippen LogP contribution < -0.4 is 0 Å². The van der Waals surface area contributed by atoms with Gasteiger partial charge in [0.2, 0.25) is 0 Å². The molecule has 5 heteroatoms. The predicted molar refractivity (Wildman–Crippen MR) is 306 cm³/mol. The lowest BCUT2D eigenvalue weighted by atomic mass is 10.0. The number of rotatable bonds is 54. The Bertz CT molecular complexity index is 1330. The minimum absolute atomic E-state index is 0.0410. The van der Waals surface area contributed by atoms with E-state index in [1.54, 1.807) is 0 Å². The highest BCUT2D eigenvalue weighted by atomic mass is 16.6. The monoisotopic (exact) mass is 973 g/mol. The van der Waals surface area contributed by atoms with Crippen molar-refractivity contribution in [2.45, 2.75) is 284 Å². The Hall–Kier alpha value is -3.18. The van der Waals surface area contributed by atoms with Gasteiger partial charge in [-0.25, -0.2) is 0 Å². The fourth-order valence-corrected chi connectivity index (χ4v) is 8.21. The fraction of sp³-hybridized carbons (Fsp3) is 0.723. The van der Waals surface area contributed by atoms with E-state index in [1.165, 1.54) is 167 Å². The van der Waals surface area contributed by atoms with E-state index in [4.69, 9.17) is 14.2 Å². The van der Waals surface area contributed by atoms with Gasteiger partial charge in [-0.05, 0) is 89.9 Å². The maximum absolute atomic E-state index is 12.9. The summed E-state index contributed by atoms with van der Waals surface area (Å²) >= 11 is 0. The molecular formula is C65H112O5. The van der Waals surface area contributed by atoms with Gasteiger partial charge in [0.15, 0.2) is 6.10 Å². The van der Waals surface area contributed by atoms with Crippen LogP contribution >= 0.6 is 0 Å². The minimum atomic E-state index is -0.574. The first-order valence-electron chi connectivity index (χ1n) is 29.8. The second kappa shape index (κ2) is 60.1. The van der Waals surface area contributed by atoms with Crippen molar-refractivity contribution >= 4 is 11.9 Å². The fourth-order valence-electron chi connectivity index (χ4n) is 8.21. The standard InChI is InChI=1S/C65H112O5/c1-4-7-10-13-16-19-22-25-28-31-33-35-37-40-43-46-49-52-55-58-64(66)69-62-63(61-68-60-57-54-51-48-45-42-39-36-32-29-26-23-20-17-14-11-8-5-2)70-65(67)59-56-53-50-47-44-41-38-34-30-27-24-21-18-15-12-9-6-3/h7,10,16-17,19-20,25-26,28-29,33,35,40,43,49,52,63H,4-6,8-9,11-15,18,21-24,27,30-32,34,36-39,41-42,44-48,50-51,53-62H2,1-3H3/b10-7-,19-16-,20-17-,28-25-,29-26-,35-33-,43-40-,52-49-. The Balaban J connectivity index is 4.39. The summed E-state index contributed by atoms with van der Waals surface area (Å²) in [6.45, 7) is 7.63. The van der Waals surface area contributed by atoms with Crippen molar-refractivity contribution in [3.05, 3.63) is 97.2 Å². The molecule has 0 aromatic carbocycles. The number of carbonyl (C=O) groups excluding carboxylic acids is 2. The summed E-state index contributed by atoms with van der Waals surface area (Å²) in [5.74, 6) is -0.490. The van der Waals surface area contributed by atoms with E-state index in [1.807, 2.05) is 6.08 Å². The molecule has 0 fully saturated rings. The van der Waals surface area contributed by atoms with Gasteiger partial charge in [0.05, 0.1) is 6.61 Å². The quantitative estimate of drug-likeness (QED) is 0.0345. The van der Waals surface area contributed by atoms with Crippen LogP contribution in [0.5, 0.6) is 0 Å². The van der Waals surface area contributed by atoms with E-state index >= 15 is 0 Å². The lowest BCUT2D eigenvalue weighted by molar-refractivity contribution is -0.162. The average molecular weight is 974 g/mol. The number of hydrogen-bond acceptors (Lipinski definition) is 5. The Labute approximate surface area is 434 Å². The van der Waals surface area contributed by atoms with E-state index in [9.17, 15) is 9.59 Å². The molecule has 0 aliphatic rings. The molecule has 70 heavy (non-hydrogen) atoms. The Kier molecular flexibility index (Phi) is 57.4. The Morgan fingerprint density at radius 2 is 0.671 bits per heavy atom. The third-order valence-corrected chi connectivity index (χ3v) is 12.6. The highest BCUT2D eigenvalue weighted by Crippen LogP contribution is 2.16. The first kappa shape index (κ1) is 66.8. The second-order valence-corrected chi connectivity index (χ2v) is 19.5. The van der Waals surface area contributed by atoms with E-state index in [-0.39, 0.29) is 25.2 Å². The average Bonchev–Trinajstić information content (AvgIpc) is 3.36. The van der Waals surface area contributed by atoms with Crippen LogP contribution in [0.2, 0.25) is 0 Å². The van der Waals surface area contributed by atoms with Gasteiger partial charge in [0, 0.05) is 19.4 Å². The van der Waals surface area contributed by atoms with Gasteiger partial charge in [-0.15, -0.1) is 0 Å². The van der Waals surface area contributed by atoms with Gasteiger partial charge < -0.3 is 14.2 Å². The molecule has 0 rings (SSSR count). The molecule has 0 bridgehead atoms. The number of allylic oxidation sites excluding steroid dienone is 16. The lowest BCUT2D eigenvalue weighted by Gasteiger charge is -2.18. The maximum atomic E-state index is 12.9. The van der Waals surface area contributed by atoms with Gasteiger partial charge in [0.25, 0.3) is 0 Å². The highest BCUT2D eigenvalue weighted by molar-refractivity contribution is 5.70. The summed E-state index contributed by atoms with van der Waals surface area (Å²) < 4.78 is 17.4. The molecule has 402 valence electrons. The zero-order valence-electron chi connectivity index (χ0n) is 46.3. The van der Waals surface area contributed by atoms with E-state index in [0.29, 0.717) is 25.9 Å². The molecule has 0 saturated heterocycles. The molecule has 0 heterocycles. The summed E-state index contributed by atoms with van der Waals surface area (Å²) in [4.78, 5) is 25.5. The Morgan fingerprint density at radius 3 is 1.11 bits per heavy atom.